The predicted molar refractivity (Wildman–Crippen MR) is 128 cm³/mol. The molecule has 2 heterocycles. The van der Waals surface area contributed by atoms with E-state index in [2.05, 4.69) is 10.1 Å². The third-order valence-corrected chi connectivity index (χ3v) is 6.37. The second-order valence-electron chi connectivity index (χ2n) is 7.86. The molecule has 1 atom stereocenters. The van der Waals surface area contributed by atoms with Gasteiger partial charge in [0.05, 0.1) is 5.92 Å². The van der Waals surface area contributed by atoms with Crippen LogP contribution in [0, 0.1) is 0 Å². The van der Waals surface area contributed by atoms with Crippen molar-refractivity contribution >= 4 is 23.4 Å². The minimum atomic E-state index is -0.120. The van der Waals surface area contributed by atoms with E-state index in [4.69, 9.17) is 9.26 Å². The summed E-state index contributed by atoms with van der Waals surface area (Å²) in [6.45, 7) is 1.04. The van der Waals surface area contributed by atoms with Crippen LogP contribution in [-0.4, -0.2) is 28.8 Å². The molecule has 5 rings (SSSR count). The summed E-state index contributed by atoms with van der Waals surface area (Å²) in [6.07, 6.45) is 2.38. The Morgan fingerprint density at radius 3 is 2.67 bits per heavy atom. The average molecular weight is 458 g/mol. The highest BCUT2D eigenvalue weighted by Gasteiger charge is 2.35. The molecule has 1 unspecified atom stereocenters. The summed E-state index contributed by atoms with van der Waals surface area (Å²) >= 11 is 1.66. The molecule has 1 aliphatic rings. The molecule has 3 aromatic carbocycles. The van der Waals surface area contributed by atoms with Crippen molar-refractivity contribution in [2.24, 2.45) is 0 Å². The summed E-state index contributed by atoms with van der Waals surface area (Å²) in [5, 5.41) is 4.14. The van der Waals surface area contributed by atoms with Gasteiger partial charge < -0.3 is 14.2 Å². The van der Waals surface area contributed by atoms with Crippen molar-refractivity contribution in [2.45, 2.75) is 23.8 Å². The number of carbonyl (C=O) groups excluding carboxylic acids is 1. The minimum Gasteiger partial charge on any atom is -0.489 e. The lowest BCUT2D eigenvalue weighted by atomic mass is 10.1. The summed E-state index contributed by atoms with van der Waals surface area (Å²) < 4.78 is 11.4. The molecule has 6 nitrogen and oxygen atoms in total. The zero-order valence-electron chi connectivity index (χ0n) is 18.2. The fourth-order valence-electron chi connectivity index (χ4n) is 3.86. The first-order valence-electron chi connectivity index (χ1n) is 10.7. The normalized spacial score (nSPS) is 15.7. The standard InChI is InChI=1S/C26H23N3O3S/c1-33-23-9-5-8-21(15-23)29-16-20(14-24(29)30)26-27-25(28-32-26)19-10-12-22(13-11-19)31-17-18-6-3-2-4-7-18/h2-13,15,20H,14,16-17H2,1H3. The second kappa shape index (κ2) is 9.50. The lowest BCUT2D eigenvalue weighted by molar-refractivity contribution is -0.117. The molecule has 0 saturated carbocycles. The van der Waals surface area contributed by atoms with Crippen molar-refractivity contribution in [1.29, 1.82) is 0 Å². The molecule has 1 fully saturated rings. The number of hydrogen-bond acceptors (Lipinski definition) is 6. The van der Waals surface area contributed by atoms with Crippen molar-refractivity contribution in [3.8, 4) is 17.1 Å². The van der Waals surface area contributed by atoms with E-state index in [9.17, 15) is 4.79 Å². The number of rotatable bonds is 7. The summed E-state index contributed by atoms with van der Waals surface area (Å²) in [5.74, 6) is 1.72. The van der Waals surface area contributed by atoms with Gasteiger partial charge in [-0.1, -0.05) is 41.6 Å². The Kier molecular flexibility index (Phi) is 6.13. The van der Waals surface area contributed by atoms with Gasteiger partial charge in [0.2, 0.25) is 17.6 Å². The van der Waals surface area contributed by atoms with E-state index in [1.54, 1.807) is 16.7 Å². The monoisotopic (exact) mass is 457 g/mol. The molecule has 33 heavy (non-hydrogen) atoms. The van der Waals surface area contributed by atoms with Crippen LogP contribution in [0.15, 0.2) is 88.3 Å². The molecule has 1 aromatic heterocycles. The molecule has 0 bridgehead atoms. The van der Waals surface area contributed by atoms with Gasteiger partial charge in [-0.05, 0) is 54.3 Å². The Morgan fingerprint density at radius 2 is 1.88 bits per heavy atom. The van der Waals surface area contributed by atoms with E-state index in [0.29, 0.717) is 31.3 Å². The number of thioether (sulfide) groups is 1. The van der Waals surface area contributed by atoms with Crippen LogP contribution in [0.4, 0.5) is 5.69 Å². The summed E-state index contributed by atoms with van der Waals surface area (Å²) in [6, 6.07) is 25.7. The van der Waals surface area contributed by atoms with Crippen LogP contribution in [-0.2, 0) is 11.4 Å². The van der Waals surface area contributed by atoms with Crippen LogP contribution >= 0.6 is 11.8 Å². The number of hydrogen-bond donors (Lipinski definition) is 0. The third kappa shape index (κ3) is 4.78. The maximum Gasteiger partial charge on any atom is 0.232 e. The Labute approximate surface area is 196 Å². The van der Waals surface area contributed by atoms with Crippen molar-refractivity contribution < 1.29 is 14.1 Å². The topological polar surface area (TPSA) is 68.5 Å². The van der Waals surface area contributed by atoms with Crippen molar-refractivity contribution in [2.75, 3.05) is 17.7 Å². The maximum absolute atomic E-state index is 12.7. The Hall–Kier alpha value is -3.58. The highest BCUT2D eigenvalue weighted by Crippen LogP contribution is 2.33. The second-order valence-corrected chi connectivity index (χ2v) is 8.74. The Morgan fingerprint density at radius 1 is 1.06 bits per heavy atom. The van der Waals surface area contributed by atoms with Crippen LogP contribution in [0.1, 0.15) is 23.8 Å². The van der Waals surface area contributed by atoms with E-state index in [-0.39, 0.29) is 11.8 Å². The third-order valence-electron chi connectivity index (χ3n) is 5.64. The van der Waals surface area contributed by atoms with E-state index in [0.717, 1.165) is 27.5 Å². The van der Waals surface area contributed by atoms with Gasteiger partial charge >= 0.3 is 0 Å². The number of ether oxygens (including phenoxy) is 1. The molecule has 0 spiro atoms. The van der Waals surface area contributed by atoms with Crippen molar-refractivity contribution in [3.05, 3.63) is 90.3 Å². The van der Waals surface area contributed by atoms with Crippen LogP contribution in [0.5, 0.6) is 5.75 Å². The fraction of sp³-hybridized carbons (Fsp3) is 0.192. The molecule has 0 N–H and O–H groups in total. The first kappa shape index (κ1) is 21.3. The lowest BCUT2D eigenvalue weighted by Crippen LogP contribution is -2.24. The van der Waals surface area contributed by atoms with E-state index >= 15 is 0 Å². The first-order chi connectivity index (χ1) is 16.2. The molecule has 1 aliphatic heterocycles. The number of benzene rings is 3. The SMILES string of the molecule is CSc1cccc(N2CC(c3nc(-c4ccc(OCc5ccccc5)cc4)no3)CC2=O)c1. The van der Waals surface area contributed by atoms with Gasteiger partial charge in [0.25, 0.3) is 0 Å². The van der Waals surface area contributed by atoms with E-state index in [1.165, 1.54) is 0 Å². The minimum absolute atomic E-state index is 0.0675. The zero-order valence-corrected chi connectivity index (χ0v) is 19.0. The van der Waals surface area contributed by atoms with Crippen LogP contribution in [0.25, 0.3) is 11.4 Å². The molecule has 166 valence electrons. The molecule has 0 radical (unpaired) electrons. The van der Waals surface area contributed by atoms with Gasteiger partial charge in [0.15, 0.2) is 0 Å². The number of nitrogens with zero attached hydrogens (tertiary/aromatic N) is 3. The summed E-state index contributed by atoms with van der Waals surface area (Å²) in [4.78, 5) is 20.2. The first-order valence-corrected chi connectivity index (χ1v) is 12.0. The molecular weight excluding hydrogens is 434 g/mol. The number of carbonyl (C=O) groups is 1. The van der Waals surface area contributed by atoms with Crippen molar-refractivity contribution in [3.63, 3.8) is 0 Å². The molecule has 4 aromatic rings. The van der Waals surface area contributed by atoms with Gasteiger partial charge in [-0.2, -0.15) is 4.98 Å². The number of anilines is 1. The van der Waals surface area contributed by atoms with Gasteiger partial charge in [-0.15, -0.1) is 11.8 Å². The molecule has 7 heteroatoms. The fourth-order valence-corrected chi connectivity index (χ4v) is 4.31. The molecule has 1 amide bonds. The van der Waals surface area contributed by atoms with E-state index < -0.39 is 0 Å². The Bertz CT molecular complexity index is 1240. The Balaban J connectivity index is 1.25. The van der Waals surface area contributed by atoms with Gasteiger partial charge in [-0.3, -0.25) is 4.79 Å². The highest BCUT2D eigenvalue weighted by molar-refractivity contribution is 7.98. The molecule has 1 saturated heterocycles. The lowest BCUT2D eigenvalue weighted by Gasteiger charge is -2.16. The smallest absolute Gasteiger partial charge is 0.232 e. The summed E-state index contributed by atoms with van der Waals surface area (Å²) in [7, 11) is 0. The van der Waals surface area contributed by atoms with Gasteiger partial charge in [0, 0.05) is 29.1 Å². The van der Waals surface area contributed by atoms with Crippen LogP contribution < -0.4 is 9.64 Å². The number of amides is 1. The highest BCUT2D eigenvalue weighted by atomic mass is 32.2. The van der Waals surface area contributed by atoms with Gasteiger partial charge in [0.1, 0.15) is 12.4 Å². The molecular formula is C26H23N3O3S. The average Bonchev–Trinajstić information content (AvgIpc) is 3.51. The maximum atomic E-state index is 12.7. The van der Waals surface area contributed by atoms with Crippen molar-refractivity contribution in [1.82, 2.24) is 10.1 Å². The quantitative estimate of drug-likeness (QED) is 0.339. The van der Waals surface area contributed by atoms with Gasteiger partial charge in [-0.25, -0.2) is 0 Å². The van der Waals surface area contributed by atoms with E-state index in [1.807, 2.05) is 85.1 Å². The predicted octanol–water partition coefficient (Wildman–Crippen LogP) is 5.56. The zero-order chi connectivity index (χ0) is 22.6. The largest absolute Gasteiger partial charge is 0.489 e. The van der Waals surface area contributed by atoms with Crippen LogP contribution in [0.2, 0.25) is 0 Å². The summed E-state index contributed by atoms with van der Waals surface area (Å²) in [5.41, 5.74) is 2.86. The number of aromatic nitrogens is 2. The molecule has 0 aliphatic carbocycles. The van der Waals surface area contributed by atoms with Crippen LogP contribution in [0.3, 0.4) is 0 Å².